The molecule has 1 heterocycles. The quantitative estimate of drug-likeness (QED) is 0.752. The third-order valence-corrected chi connectivity index (χ3v) is 3.38. The molecule has 3 N–H and O–H groups in total. The van der Waals surface area contributed by atoms with Crippen molar-refractivity contribution < 1.29 is 9.90 Å². The summed E-state index contributed by atoms with van der Waals surface area (Å²) in [5.41, 5.74) is 6.96. The van der Waals surface area contributed by atoms with Gasteiger partial charge in [0.2, 0.25) is 0 Å². The summed E-state index contributed by atoms with van der Waals surface area (Å²) < 4.78 is 0. The number of carboxylic acid groups (broad SMARTS) is 1. The summed E-state index contributed by atoms with van der Waals surface area (Å²) in [6.45, 7) is 0. The molecule has 1 aliphatic heterocycles. The molecule has 1 saturated heterocycles. The van der Waals surface area contributed by atoms with Gasteiger partial charge in [-0.3, -0.25) is 4.79 Å². The van der Waals surface area contributed by atoms with E-state index in [4.69, 9.17) is 5.11 Å². The number of aliphatic carboxylic acids is 1. The van der Waals surface area contributed by atoms with Crippen LogP contribution in [0, 0.1) is 0 Å². The third kappa shape index (κ3) is 1.96. The molecule has 4 heteroatoms. The highest BCUT2D eigenvalue weighted by Crippen LogP contribution is 2.25. The fourth-order valence-corrected chi connectivity index (χ4v) is 2.36. The highest BCUT2D eigenvalue weighted by Gasteiger charge is 2.29. The SMILES string of the molecule is O=C(O)C1CC(c2ccc3ccccc3c2)NN1. The van der Waals surface area contributed by atoms with Crippen LogP contribution in [0.5, 0.6) is 0 Å². The first kappa shape index (κ1) is 11.2. The van der Waals surface area contributed by atoms with Gasteiger partial charge in [-0.05, 0) is 28.8 Å². The maximum Gasteiger partial charge on any atom is 0.322 e. The molecule has 0 aromatic heterocycles. The van der Waals surface area contributed by atoms with Gasteiger partial charge in [-0.25, -0.2) is 10.9 Å². The van der Waals surface area contributed by atoms with Crippen LogP contribution in [-0.2, 0) is 4.79 Å². The number of carboxylic acids is 1. The van der Waals surface area contributed by atoms with E-state index in [0.717, 1.165) is 5.56 Å². The maximum atomic E-state index is 10.9. The van der Waals surface area contributed by atoms with E-state index >= 15 is 0 Å². The molecule has 0 radical (unpaired) electrons. The lowest BCUT2D eigenvalue weighted by molar-refractivity contribution is -0.139. The Morgan fingerprint density at radius 3 is 2.61 bits per heavy atom. The molecule has 0 bridgehead atoms. The van der Waals surface area contributed by atoms with Crippen LogP contribution < -0.4 is 10.9 Å². The Morgan fingerprint density at radius 1 is 1.11 bits per heavy atom. The summed E-state index contributed by atoms with van der Waals surface area (Å²) in [4.78, 5) is 10.9. The van der Waals surface area contributed by atoms with Crippen LogP contribution in [0.3, 0.4) is 0 Å². The number of hydrogen-bond donors (Lipinski definition) is 3. The molecular formula is C14H14N2O2. The molecule has 18 heavy (non-hydrogen) atoms. The van der Waals surface area contributed by atoms with Crippen molar-refractivity contribution in [2.75, 3.05) is 0 Å². The number of fused-ring (bicyclic) bond motifs is 1. The van der Waals surface area contributed by atoms with Gasteiger partial charge < -0.3 is 5.11 Å². The molecule has 3 rings (SSSR count). The molecular weight excluding hydrogens is 228 g/mol. The van der Waals surface area contributed by atoms with Crippen LogP contribution in [0.2, 0.25) is 0 Å². The van der Waals surface area contributed by atoms with Crippen LogP contribution >= 0.6 is 0 Å². The Morgan fingerprint density at radius 2 is 1.89 bits per heavy atom. The van der Waals surface area contributed by atoms with Crippen molar-refractivity contribution in [2.24, 2.45) is 0 Å². The normalized spacial score (nSPS) is 23.3. The molecule has 1 aliphatic rings. The van der Waals surface area contributed by atoms with E-state index in [1.54, 1.807) is 0 Å². The first-order valence-corrected chi connectivity index (χ1v) is 5.96. The minimum atomic E-state index is -0.814. The second kappa shape index (κ2) is 4.40. The summed E-state index contributed by atoms with van der Waals surface area (Å²) in [7, 11) is 0. The lowest BCUT2D eigenvalue weighted by atomic mass is 9.99. The Kier molecular flexibility index (Phi) is 2.74. The smallest absolute Gasteiger partial charge is 0.322 e. The summed E-state index contributed by atoms with van der Waals surface area (Å²) in [5, 5.41) is 11.3. The molecule has 92 valence electrons. The molecule has 0 aliphatic carbocycles. The van der Waals surface area contributed by atoms with Gasteiger partial charge in [0.15, 0.2) is 0 Å². The zero-order valence-corrected chi connectivity index (χ0v) is 9.76. The van der Waals surface area contributed by atoms with Crippen LogP contribution in [-0.4, -0.2) is 17.1 Å². The largest absolute Gasteiger partial charge is 0.480 e. The molecule has 2 aromatic rings. The van der Waals surface area contributed by atoms with Crippen molar-refractivity contribution in [3.8, 4) is 0 Å². The van der Waals surface area contributed by atoms with E-state index < -0.39 is 12.0 Å². The maximum absolute atomic E-state index is 10.9. The van der Waals surface area contributed by atoms with Crippen molar-refractivity contribution in [1.82, 2.24) is 10.9 Å². The molecule has 4 nitrogen and oxygen atoms in total. The number of hydrazine groups is 1. The van der Waals surface area contributed by atoms with Gasteiger partial charge in [-0.2, -0.15) is 0 Å². The van der Waals surface area contributed by atoms with E-state index in [0.29, 0.717) is 6.42 Å². The number of carbonyl (C=O) groups is 1. The van der Waals surface area contributed by atoms with Gasteiger partial charge in [0.1, 0.15) is 6.04 Å². The Hall–Kier alpha value is -1.91. The van der Waals surface area contributed by atoms with Crippen molar-refractivity contribution in [1.29, 1.82) is 0 Å². The zero-order valence-electron chi connectivity index (χ0n) is 9.76. The first-order valence-electron chi connectivity index (χ1n) is 5.96. The topological polar surface area (TPSA) is 61.4 Å². The van der Waals surface area contributed by atoms with Crippen LogP contribution in [0.15, 0.2) is 42.5 Å². The van der Waals surface area contributed by atoms with Crippen molar-refractivity contribution in [3.63, 3.8) is 0 Å². The zero-order chi connectivity index (χ0) is 12.5. The average molecular weight is 242 g/mol. The highest BCUT2D eigenvalue weighted by atomic mass is 16.4. The summed E-state index contributed by atoms with van der Waals surface area (Å²) in [6.07, 6.45) is 0.563. The van der Waals surface area contributed by atoms with Gasteiger partial charge in [-0.1, -0.05) is 36.4 Å². The fraction of sp³-hybridized carbons (Fsp3) is 0.214. The summed E-state index contributed by atoms with van der Waals surface area (Å²) in [5.74, 6) is -0.814. The van der Waals surface area contributed by atoms with Gasteiger partial charge in [0.25, 0.3) is 0 Å². The predicted octanol–water partition coefficient (Wildman–Crippen LogP) is 1.83. The minimum Gasteiger partial charge on any atom is -0.480 e. The minimum absolute atomic E-state index is 0.0516. The van der Waals surface area contributed by atoms with E-state index in [2.05, 4.69) is 35.1 Å². The Bertz CT molecular complexity index is 597. The monoisotopic (exact) mass is 242 g/mol. The number of hydrogen-bond acceptors (Lipinski definition) is 3. The fourth-order valence-electron chi connectivity index (χ4n) is 2.36. The second-order valence-corrected chi connectivity index (χ2v) is 4.57. The van der Waals surface area contributed by atoms with Crippen LogP contribution in [0.4, 0.5) is 0 Å². The lowest BCUT2D eigenvalue weighted by Crippen LogP contribution is -2.36. The predicted molar refractivity (Wildman–Crippen MR) is 69.0 cm³/mol. The van der Waals surface area contributed by atoms with Crippen molar-refractivity contribution in [3.05, 3.63) is 48.0 Å². The third-order valence-electron chi connectivity index (χ3n) is 3.38. The average Bonchev–Trinajstić information content (AvgIpc) is 2.88. The van der Waals surface area contributed by atoms with Crippen LogP contribution in [0.1, 0.15) is 18.0 Å². The van der Waals surface area contributed by atoms with Gasteiger partial charge in [0, 0.05) is 6.04 Å². The number of rotatable bonds is 2. The Balaban J connectivity index is 1.89. The van der Waals surface area contributed by atoms with E-state index in [9.17, 15) is 4.79 Å². The standard InChI is InChI=1S/C14H14N2O2/c17-14(18)13-8-12(15-16-13)11-6-5-9-3-1-2-4-10(9)7-11/h1-7,12-13,15-16H,8H2,(H,17,18). The van der Waals surface area contributed by atoms with E-state index in [1.165, 1.54) is 10.8 Å². The van der Waals surface area contributed by atoms with Gasteiger partial charge in [0.05, 0.1) is 0 Å². The number of benzene rings is 2. The molecule has 2 aromatic carbocycles. The van der Waals surface area contributed by atoms with E-state index in [1.807, 2.05) is 18.2 Å². The van der Waals surface area contributed by atoms with Crippen molar-refractivity contribution >= 4 is 16.7 Å². The van der Waals surface area contributed by atoms with Gasteiger partial charge >= 0.3 is 5.97 Å². The van der Waals surface area contributed by atoms with Crippen molar-refractivity contribution in [2.45, 2.75) is 18.5 Å². The highest BCUT2D eigenvalue weighted by molar-refractivity contribution is 5.83. The van der Waals surface area contributed by atoms with Gasteiger partial charge in [-0.15, -0.1) is 0 Å². The molecule has 0 saturated carbocycles. The summed E-state index contributed by atoms with van der Waals surface area (Å²) in [6, 6.07) is 13.9. The number of nitrogens with one attached hydrogen (secondary N) is 2. The molecule has 2 unspecified atom stereocenters. The second-order valence-electron chi connectivity index (χ2n) is 4.57. The molecule has 2 atom stereocenters. The molecule has 1 fully saturated rings. The lowest BCUT2D eigenvalue weighted by Gasteiger charge is -2.10. The first-order chi connectivity index (χ1) is 8.74. The molecule has 0 spiro atoms. The molecule has 0 amide bonds. The Labute approximate surface area is 105 Å². The van der Waals surface area contributed by atoms with E-state index in [-0.39, 0.29) is 6.04 Å². The summed E-state index contributed by atoms with van der Waals surface area (Å²) >= 11 is 0. The van der Waals surface area contributed by atoms with Crippen LogP contribution in [0.25, 0.3) is 10.8 Å².